The first kappa shape index (κ1) is 15.7. The molecular weight excluding hydrogens is 282 g/mol. The van der Waals surface area contributed by atoms with Gasteiger partial charge in [-0.3, -0.25) is 4.99 Å². The molecule has 0 aliphatic carbocycles. The molecule has 0 bridgehead atoms. The Balaban J connectivity index is 2.25. The van der Waals surface area contributed by atoms with Crippen molar-refractivity contribution in [2.24, 2.45) is 4.99 Å². The molecule has 2 rings (SSSR count). The molecule has 0 amide bonds. The van der Waals surface area contributed by atoms with Crippen molar-refractivity contribution in [3.05, 3.63) is 65.7 Å². The average Bonchev–Trinajstić information content (AvgIpc) is 2.56. The summed E-state index contributed by atoms with van der Waals surface area (Å²) in [6.45, 7) is 0. The lowest BCUT2D eigenvalue weighted by Crippen LogP contribution is -2.26. The Morgan fingerprint density at radius 2 is 1.77 bits per heavy atom. The molecule has 2 aromatic rings. The predicted molar refractivity (Wildman–Crippen MR) is 83.4 cm³/mol. The van der Waals surface area contributed by atoms with E-state index in [1.807, 2.05) is 6.07 Å². The molecular formula is C17H17NO4. The summed E-state index contributed by atoms with van der Waals surface area (Å²) >= 11 is 0. The molecule has 22 heavy (non-hydrogen) atoms. The van der Waals surface area contributed by atoms with E-state index in [2.05, 4.69) is 4.99 Å². The molecule has 0 fully saturated rings. The number of carboxylic acids is 1. The number of aliphatic imine (C=N–C) groups is 1. The van der Waals surface area contributed by atoms with Gasteiger partial charge in [-0.25, -0.2) is 4.79 Å². The van der Waals surface area contributed by atoms with Crippen molar-refractivity contribution in [2.75, 3.05) is 7.11 Å². The second-order valence-electron chi connectivity index (χ2n) is 4.69. The van der Waals surface area contributed by atoms with Gasteiger partial charge in [-0.2, -0.15) is 0 Å². The van der Waals surface area contributed by atoms with E-state index >= 15 is 0 Å². The third-order valence-corrected chi connectivity index (χ3v) is 3.19. The van der Waals surface area contributed by atoms with Crippen molar-refractivity contribution in [3.63, 3.8) is 0 Å². The zero-order chi connectivity index (χ0) is 15.9. The summed E-state index contributed by atoms with van der Waals surface area (Å²) in [4.78, 5) is 15.3. The lowest BCUT2D eigenvalue weighted by atomic mass is 10.0. The largest absolute Gasteiger partial charge is 0.497 e. The maximum absolute atomic E-state index is 11.1. The zero-order valence-electron chi connectivity index (χ0n) is 12.1. The van der Waals surface area contributed by atoms with Crippen LogP contribution in [0.25, 0.3) is 0 Å². The van der Waals surface area contributed by atoms with Gasteiger partial charge < -0.3 is 14.9 Å². The van der Waals surface area contributed by atoms with Crippen molar-refractivity contribution in [3.8, 4) is 5.75 Å². The second-order valence-corrected chi connectivity index (χ2v) is 4.69. The van der Waals surface area contributed by atoms with Crippen LogP contribution in [-0.2, 0) is 4.79 Å². The fraction of sp³-hybridized carbons (Fsp3) is 0.176. The van der Waals surface area contributed by atoms with Gasteiger partial charge in [0.25, 0.3) is 0 Å². The van der Waals surface area contributed by atoms with Crippen LogP contribution in [0.1, 0.15) is 17.2 Å². The molecule has 5 heteroatoms. The number of rotatable bonds is 6. The van der Waals surface area contributed by atoms with Crippen LogP contribution in [0.15, 0.2) is 59.6 Å². The maximum Gasteiger partial charge on any atom is 0.335 e. The Hall–Kier alpha value is -2.66. The van der Waals surface area contributed by atoms with Gasteiger partial charge in [-0.05, 0) is 35.4 Å². The Bertz CT molecular complexity index is 637. The third-order valence-electron chi connectivity index (χ3n) is 3.19. The van der Waals surface area contributed by atoms with Gasteiger partial charge in [0.2, 0.25) is 0 Å². The fourth-order valence-corrected chi connectivity index (χ4v) is 1.99. The normalized spacial score (nSPS) is 13.7. The number of hydrogen-bond donors (Lipinski definition) is 2. The van der Waals surface area contributed by atoms with E-state index in [-0.39, 0.29) is 0 Å². The smallest absolute Gasteiger partial charge is 0.335 e. The molecule has 2 unspecified atom stereocenters. The number of aliphatic hydroxyl groups is 1. The topological polar surface area (TPSA) is 79.1 Å². The molecule has 2 N–H and O–H groups in total. The summed E-state index contributed by atoms with van der Waals surface area (Å²) in [5.74, 6) is -0.580. The summed E-state index contributed by atoms with van der Waals surface area (Å²) in [6.07, 6.45) is -0.0552. The molecule has 0 spiro atoms. The summed E-state index contributed by atoms with van der Waals surface area (Å²) in [5, 5.41) is 18.9. The lowest BCUT2D eigenvalue weighted by Gasteiger charge is -2.16. The Kier molecular flexibility index (Phi) is 5.27. The first-order valence-electron chi connectivity index (χ1n) is 6.75. The number of hydrogen-bond acceptors (Lipinski definition) is 4. The van der Waals surface area contributed by atoms with Crippen molar-refractivity contribution in [2.45, 2.75) is 12.1 Å². The molecule has 0 saturated carbocycles. The molecule has 0 saturated heterocycles. The SMILES string of the molecule is COc1ccc(C=NC(c2ccccc2)C(O)C(=O)O)cc1. The number of nitrogens with zero attached hydrogens (tertiary/aromatic N) is 1. The van der Waals surface area contributed by atoms with E-state index in [0.29, 0.717) is 5.56 Å². The van der Waals surface area contributed by atoms with E-state index in [1.165, 1.54) is 0 Å². The number of benzene rings is 2. The van der Waals surface area contributed by atoms with Gasteiger partial charge >= 0.3 is 5.97 Å². The minimum Gasteiger partial charge on any atom is -0.497 e. The standard InChI is InChI=1S/C17H17NO4/c1-22-14-9-7-12(8-10-14)11-18-15(16(19)17(20)21)13-5-3-2-4-6-13/h2-11,15-16,19H,1H3,(H,20,21). The average molecular weight is 299 g/mol. The quantitative estimate of drug-likeness (QED) is 0.802. The van der Waals surface area contributed by atoms with E-state index in [9.17, 15) is 9.90 Å². The molecule has 0 aromatic heterocycles. The molecule has 0 aliphatic heterocycles. The first-order valence-corrected chi connectivity index (χ1v) is 6.75. The van der Waals surface area contributed by atoms with Crippen molar-refractivity contribution >= 4 is 12.2 Å². The number of aliphatic carboxylic acids is 1. The van der Waals surface area contributed by atoms with E-state index in [4.69, 9.17) is 9.84 Å². The van der Waals surface area contributed by atoms with E-state index in [1.54, 1.807) is 61.9 Å². The van der Waals surface area contributed by atoms with E-state index in [0.717, 1.165) is 11.3 Å². The van der Waals surface area contributed by atoms with Crippen LogP contribution in [0.5, 0.6) is 5.75 Å². The van der Waals surface area contributed by atoms with Crippen molar-refractivity contribution in [1.29, 1.82) is 0 Å². The highest BCUT2D eigenvalue weighted by Crippen LogP contribution is 2.22. The number of carboxylic acid groups (broad SMARTS) is 1. The van der Waals surface area contributed by atoms with Crippen LogP contribution in [-0.4, -0.2) is 35.6 Å². The minimum absolute atomic E-state index is 0.641. The second kappa shape index (κ2) is 7.38. The van der Waals surface area contributed by atoms with Crippen LogP contribution in [0.3, 0.4) is 0 Å². The van der Waals surface area contributed by atoms with Crippen LogP contribution < -0.4 is 4.74 Å². The van der Waals surface area contributed by atoms with Gasteiger partial charge in [-0.15, -0.1) is 0 Å². The Morgan fingerprint density at radius 1 is 1.14 bits per heavy atom. The van der Waals surface area contributed by atoms with Gasteiger partial charge in [0.05, 0.1) is 7.11 Å². The summed E-state index contributed by atoms with van der Waals surface area (Å²) in [5.41, 5.74) is 1.43. The summed E-state index contributed by atoms with van der Waals surface area (Å²) in [6, 6.07) is 15.2. The lowest BCUT2D eigenvalue weighted by molar-refractivity contribution is -0.147. The highest BCUT2D eigenvalue weighted by molar-refractivity contribution is 5.81. The van der Waals surface area contributed by atoms with Crippen LogP contribution in [0.2, 0.25) is 0 Å². The van der Waals surface area contributed by atoms with Crippen LogP contribution in [0, 0.1) is 0 Å². The summed E-state index contributed by atoms with van der Waals surface area (Å²) in [7, 11) is 1.58. The van der Waals surface area contributed by atoms with Crippen LogP contribution in [0.4, 0.5) is 0 Å². The minimum atomic E-state index is -1.60. The Morgan fingerprint density at radius 3 is 2.32 bits per heavy atom. The number of carbonyl (C=O) groups is 1. The zero-order valence-corrected chi connectivity index (χ0v) is 12.1. The third kappa shape index (κ3) is 3.93. The monoisotopic (exact) mass is 299 g/mol. The molecule has 0 aliphatic rings. The fourth-order valence-electron chi connectivity index (χ4n) is 1.99. The molecule has 114 valence electrons. The number of ether oxygens (including phenoxy) is 1. The predicted octanol–water partition coefficient (Wildman–Crippen LogP) is 2.30. The highest BCUT2D eigenvalue weighted by atomic mass is 16.5. The van der Waals surface area contributed by atoms with Gasteiger partial charge in [0.1, 0.15) is 11.8 Å². The number of aliphatic hydroxyl groups excluding tert-OH is 1. The molecule has 0 radical (unpaired) electrons. The van der Waals surface area contributed by atoms with Gasteiger partial charge in [-0.1, -0.05) is 30.3 Å². The Labute approximate surface area is 128 Å². The maximum atomic E-state index is 11.1. The van der Waals surface area contributed by atoms with Crippen molar-refractivity contribution in [1.82, 2.24) is 0 Å². The molecule has 2 atom stereocenters. The number of methoxy groups -OCH3 is 1. The summed E-state index contributed by atoms with van der Waals surface area (Å²) < 4.78 is 5.07. The van der Waals surface area contributed by atoms with Crippen LogP contribution >= 0.6 is 0 Å². The van der Waals surface area contributed by atoms with Gasteiger partial charge in [0.15, 0.2) is 6.10 Å². The van der Waals surface area contributed by atoms with Crippen molar-refractivity contribution < 1.29 is 19.7 Å². The molecule has 0 heterocycles. The van der Waals surface area contributed by atoms with Gasteiger partial charge in [0, 0.05) is 6.21 Å². The molecule has 2 aromatic carbocycles. The first-order chi connectivity index (χ1) is 10.6. The molecule has 5 nitrogen and oxygen atoms in total. The highest BCUT2D eigenvalue weighted by Gasteiger charge is 2.26. The van der Waals surface area contributed by atoms with E-state index < -0.39 is 18.1 Å².